The molecule has 0 aromatic heterocycles. The summed E-state index contributed by atoms with van der Waals surface area (Å²) in [6.45, 7) is 2.91. The first-order chi connectivity index (χ1) is 9.19. The van der Waals surface area contributed by atoms with E-state index in [0.717, 1.165) is 12.1 Å². The molecule has 2 N–H and O–H groups in total. The number of rotatable bonds is 6. The molecule has 0 aliphatic heterocycles. The van der Waals surface area contributed by atoms with Crippen molar-refractivity contribution in [1.82, 2.24) is 4.72 Å². The van der Waals surface area contributed by atoms with Gasteiger partial charge < -0.3 is 5.11 Å². The van der Waals surface area contributed by atoms with Crippen molar-refractivity contribution in [3.8, 4) is 0 Å². The molecular formula is C11H15FN2O5S. The first-order valence-corrected chi connectivity index (χ1v) is 7.24. The van der Waals surface area contributed by atoms with Gasteiger partial charge in [-0.05, 0) is 18.1 Å². The van der Waals surface area contributed by atoms with Crippen molar-refractivity contribution in [1.29, 1.82) is 0 Å². The maximum Gasteiger partial charge on any atom is 0.292 e. The van der Waals surface area contributed by atoms with E-state index in [0.29, 0.717) is 6.07 Å². The Bertz CT molecular complexity index is 603. The van der Waals surface area contributed by atoms with E-state index in [1.165, 1.54) is 0 Å². The van der Waals surface area contributed by atoms with Crippen LogP contribution in [0.2, 0.25) is 0 Å². The molecule has 0 saturated carbocycles. The molecule has 20 heavy (non-hydrogen) atoms. The number of hydrogen-bond donors (Lipinski definition) is 2. The fourth-order valence-corrected chi connectivity index (χ4v) is 3.04. The SMILES string of the molecule is CC(C)[C@@H](CO)NS(=O)(=O)c1ccc(F)cc1[N+](=O)[O-]. The van der Waals surface area contributed by atoms with Crippen molar-refractivity contribution in [2.45, 2.75) is 24.8 Å². The quantitative estimate of drug-likeness (QED) is 0.602. The molecular weight excluding hydrogens is 291 g/mol. The van der Waals surface area contributed by atoms with Crippen molar-refractivity contribution in [3.63, 3.8) is 0 Å². The topological polar surface area (TPSA) is 110 Å². The maximum atomic E-state index is 13.0. The summed E-state index contributed by atoms with van der Waals surface area (Å²) >= 11 is 0. The molecule has 1 atom stereocenters. The Morgan fingerprint density at radius 3 is 2.50 bits per heavy atom. The van der Waals surface area contributed by atoms with Crippen LogP contribution in [0.4, 0.5) is 10.1 Å². The van der Waals surface area contributed by atoms with Crippen LogP contribution >= 0.6 is 0 Å². The summed E-state index contributed by atoms with van der Waals surface area (Å²) in [6, 6.07) is 1.40. The summed E-state index contributed by atoms with van der Waals surface area (Å²) in [7, 11) is -4.23. The molecule has 0 heterocycles. The minimum atomic E-state index is -4.23. The molecule has 0 spiro atoms. The predicted molar refractivity (Wildman–Crippen MR) is 69.1 cm³/mol. The highest BCUT2D eigenvalue weighted by atomic mass is 32.2. The maximum absolute atomic E-state index is 13.0. The van der Waals surface area contributed by atoms with Gasteiger partial charge in [-0.25, -0.2) is 17.5 Å². The Morgan fingerprint density at radius 2 is 2.05 bits per heavy atom. The smallest absolute Gasteiger partial charge is 0.292 e. The van der Waals surface area contributed by atoms with Gasteiger partial charge in [0.2, 0.25) is 10.0 Å². The zero-order valence-electron chi connectivity index (χ0n) is 10.9. The number of aliphatic hydroxyl groups is 1. The molecule has 9 heteroatoms. The Hall–Kier alpha value is -1.58. The van der Waals surface area contributed by atoms with Crippen LogP contribution in [0.5, 0.6) is 0 Å². The summed E-state index contributed by atoms with van der Waals surface area (Å²) in [5.74, 6) is -1.12. The van der Waals surface area contributed by atoms with Crippen molar-refractivity contribution >= 4 is 15.7 Å². The summed E-state index contributed by atoms with van der Waals surface area (Å²) in [5.41, 5.74) is -0.849. The second-order valence-electron chi connectivity index (χ2n) is 4.52. The number of nitrogens with zero attached hydrogens (tertiary/aromatic N) is 1. The molecule has 7 nitrogen and oxygen atoms in total. The van der Waals surface area contributed by atoms with Crippen molar-refractivity contribution in [2.75, 3.05) is 6.61 Å². The van der Waals surface area contributed by atoms with Crippen LogP contribution in [0, 0.1) is 21.8 Å². The molecule has 1 rings (SSSR count). The number of halogens is 1. The molecule has 0 saturated heterocycles. The number of sulfonamides is 1. The summed E-state index contributed by atoms with van der Waals surface area (Å²) in [6.07, 6.45) is 0. The molecule has 0 amide bonds. The molecule has 0 fully saturated rings. The van der Waals surface area contributed by atoms with E-state index in [1.54, 1.807) is 13.8 Å². The molecule has 0 unspecified atom stereocenters. The zero-order valence-corrected chi connectivity index (χ0v) is 11.7. The Morgan fingerprint density at radius 1 is 1.45 bits per heavy atom. The normalized spacial score (nSPS) is 13.4. The molecule has 1 aromatic rings. The van der Waals surface area contributed by atoms with Gasteiger partial charge in [0.25, 0.3) is 5.69 Å². The molecule has 0 aliphatic carbocycles. The highest BCUT2D eigenvalue weighted by molar-refractivity contribution is 7.89. The lowest BCUT2D eigenvalue weighted by Crippen LogP contribution is -2.41. The molecule has 0 radical (unpaired) electrons. The predicted octanol–water partition coefficient (Wildman–Crippen LogP) is 1.03. The average Bonchev–Trinajstić information content (AvgIpc) is 2.35. The van der Waals surface area contributed by atoms with E-state index in [9.17, 15) is 22.9 Å². The van der Waals surface area contributed by atoms with Crippen LogP contribution < -0.4 is 4.72 Å². The van der Waals surface area contributed by atoms with Crippen molar-refractivity contribution in [2.24, 2.45) is 5.92 Å². The van der Waals surface area contributed by atoms with Crippen LogP contribution in [0.25, 0.3) is 0 Å². The highest BCUT2D eigenvalue weighted by Crippen LogP contribution is 2.25. The number of hydrogen-bond acceptors (Lipinski definition) is 5. The Kier molecular flexibility index (Phi) is 5.15. The summed E-state index contributed by atoms with van der Waals surface area (Å²) in [5, 5.41) is 19.9. The second-order valence-corrected chi connectivity index (χ2v) is 6.21. The minimum absolute atomic E-state index is 0.214. The van der Waals surface area contributed by atoms with Crippen LogP contribution in [0.15, 0.2) is 23.1 Å². The van der Waals surface area contributed by atoms with Crippen molar-refractivity contribution in [3.05, 3.63) is 34.1 Å². The van der Waals surface area contributed by atoms with Crippen LogP contribution in [-0.2, 0) is 10.0 Å². The van der Waals surface area contributed by atoms with Gasteiger partial charge in [0.15, 0.2) is 4.90 Å². The third-order valence-corrected chi connectivity index (χ3v) is 4.25. The van der Waals surface area contributed by atoms with E-state index in [4.69, 9.17) is 5.11 Å². The fraction of sp³-hybridized carbons (Fsp3) is 0.455. The van der Waals surface area contributed by atoms with Crippen LogP contribution in [0.1, 0.15) is 13.8 Å². The van der Waals surface area contributed by atoms with Gasteiger partial charge in [0.05, 0.1) is 17.6 Å². The van der Waals surface area contributed by atoms with E-state index in [1.807, 2.05) is 0 Å². The lowest BCUT2D eigenvalue weighted by molar-refractivity contribution is -0.388. The van der Waals surface area contributed by atoms with E-state index in [-0.39, 0.29) is 5.92 Å². The van der Waals surface area contributed by atoms with Crippen LogP contribution in [-0.4, -0.2) is 31.1 Å². The summed E-state index contributed by atoms with van der Waals surface area (Å²) in [4.78, 5) is 9.20. The third kappa shape index (κ3) is 3.71. The van der Waals surface area contributed by atoms with E-state index in [2.05, 4.69) is 4.72 Å². The van der Waals surface area contributed by atoms with Gasteiger partial charge >= 0.3 is 0 Å². The number of benzene rings is 1. The van der Waals surface area contributed by atoms with Gasteiger partial charge in [0.1, 0.15) is 5.82 Å². The first-order valence-electron chi connectivity index (χ1n) is 5.76. The number of nitro groups is 1. The number of nitrogens with one attached hydrogen (secondary N) is 1. The summed E-state index contributed by atoms with van der Waals surface area (Å²) < 4.78 is 39.3. The van der Waals surface area contributed by atoms with Crippen molar-refractivity contribution < 1.29 is 22.8 Å². The molecule has 0 bridgehead atoms. The third-order valence-electron chi connectivity index (χ3n) is 2.72. The first kappa shape index (κ1) is 16.5. The van der Waals surface area contributed by atoms with Gasteiger partial charge in [-0.15, -0.1) is 0 Å². The highest BCUT2D eigenvalue weighted by Gasteiger charge is 2.29. The van der Waals surface area contributed by atoms with Gasteiger partial charge in [-0.2, -0.15) is 0 Å². The van der Waals surface area contributed by atoms with E-state index < -0.39 is 44.0 Å². The van der Waals surface area contributed by atoms with Gasteiger partial charge in [-0.3, -0.25) is 10.1 Å². The molecule has 112 valence electrons. The molecule has 1 aromatic carbocycles. The number of nitro benzene ring substituents is 1. The van der Waals surface area contributed by atoms with E-state index >= 15 is 0 Å². The van der Waals surface area contributed by atoms with Gasteiger partial charge in [0, 0.05) is 6.04 Å². The average molecular weight is 306 g/mol. The standard InChI is InChI=1S/C11H15FN2O5S/c1-7(2)9(6-15)13-20(18,19)11-4-3-8(12)5-10(11)14(16)17/h3-5,7,9,13,15H,6H2,1-2H3/t9-/m1/s1. The monoisotopic (exact) mass is 306 g/mol. The van der Waals surface area contributed by atoms with Gasteiger partial charge in [-0.1, -0.05) is 13.8 Å². The second kappa shape index (κ2) is 6.25. The zero-order chi connectivity index (χ0) is 15.5. The van der Waals surface area contributed by atoms with Crippen LogP contribution in [0.3, 0.4) is 0 Å². The molecule has 0 aliphatic rings. The minimum Gasteiger partial charge on any atom is -0.395 e. The number of aliphatic hydroxyl groups excluding tert-OH is 1. The largest absolute Gasteiger partial charge is 0.395 e. The Labute approximate surface area is 115 Å². The lowest BCUT2D eigenvalue weighted by Gasteiger charge is -2.19. The lowest BCUT2D eigenvalue weighted by atomic mass is 10.1. The Balaban J connectivity index is 3.25. The fourth-order valence-electron chi connectivity index (χ4n) is 1.51.